The fourth-order valence-electron chi connectivity index (χ4n) is 2.98. The molecular formula is C16H23NO2S. The van der Waals surface area contributed by atoms with Crippen LogP contribution < -0.4 is 14.8 Å². The lowest BCUT2D eigenvalue weighted by Crippen LogP contribution is -2.49. The molecule has 20 heavy (non-hydrogen) atoms. The monoisotopic (exact) mass is 293 g/mol. The molecule has 1 N–H and O–H groups in total. The zero-order valence-corrected chi connectivity index (χ0v) is 13.1. The van der Waals surface area contributed by atoms with E-state index in [9.17, 15) is 0 Å². The standard InChI is InChI=1S/C16H23NO2S/c1-3-16(5-4-6-16)17-11-12-9-13-14(10-15(12)20-2)19-8-7-18-13/h9-10,17H,3-8,11H2,1-2H3. The zero-order valence-electron chi connectivity index (χ0n) is 12.3. The van der Waals surface area contributed by atoms with Crippen molar-refractivity contribution in [3.63, 3.8) is 0 Å². The average Bonchev–Trinajstić information content (AvgIpc) is 2.45. The van der Waals surface area contributed by atoms with Crippen molar-refractivity contribution in [3.8, 4) is 11.5 Å². The van der Waals surface area contributed by atoms with Gasteiger partial charge in [-0.05, 0) is 49.6 Å². The lowest BCUT2D eigenvalue weighted by Gasteiger charge is -2.42. The van der Waals surface area contributed by atoms with E-state index in [4.69, 9.17) is 9.47 Å². The summed E-state index contributed by atoms with van der Waals surface area (Å²) >= 11 is 1.78. The van der Waals surface area contributed by atoms with Crippen LogP contribution in [0, 0.1) is 0 Å². The van der Waals surface area contributed by atoms with E-state index in [1.54, 1.807) is 11.8 Å². The molecule has 0 radical (unpaired) electrons. The Kier molecular flexibility index (Phi) is 4.13. The third-order valence-corrected chi connectivity index (χ3v) is 5.41. The second-order valence-electron chi connectivity index (χ2n) is 5.65. The minimum Gasteiger partial charge on any atom is -0.486 e. The summed E-state index contributed by atoms with van der Waals surface area (Å²) in [4.78, 5) is 1.28. The van der Waals surface area contributed by atoms with Gasteiger partial charge >= 0.3 is 0 Å². The normalized spacial score (nSPS) is 19.5. The Morgan fingerprint density at radius 2 is 1.90 bits per heavy atom. The van der Waals surface area contributed by atoms with Crippen molar-refractivity contribution < 1.29 is 9.47 Å². The SMILES string of the molecule is CCC1(NCc2cc3c(cc2SC)OCCO3)CCC1. The van der Waals surface area contributed by atoms with E-state index >= 15 is 0 Å². The van der Waals surface area contributed by atoms with E-state index in [1.165, 1.54) is 36.1 Å². The maximum atomic E-state index is 5.70. The molecule has 0 unspecified atom stereocenters. The molecule has 1 saturated carbocycles. The van der Waals surface area contributed by atoms with Crippen LogP contribution in [-0.4, -0.2) is 25.0 Å². The summed E-state index contributed by atoms with van der Waals surface area (Å²) in [7, 11) is 0. The summed E-state index contributed by atoms with van der Waals surface area (Å²) in [6, 6.07) is 4.27. The lowest BCUT2D eigenvalue weighted by molar-refractivity contribution is 0.168. The topological polar surface area (TPSA) is 30.5 Å². The van der Waals surface area contributed by atoms with Gasteiger partial charge in [-0.25, -0.2) is 0 Å². The van der Waals surface area contributed by atoms with Crippen LogP contribution in [-0.2, 0) is 6.54 Å². The number of hydrogen-bond acceptors (Lipinski definition) is 4. The van der Waals surface area contributed by atoms with E-state index < -0.39 is 0 Å². The van der Waals surface area contributed by atoms with Crippen LogP contribution in [0.3, 0.4) is 0 Å². The molecule has 0 bridgehead atoms. The fourth-order valence-corrected chi connectivity index (χ4v) is 3.60. The molecule has 0 saturated heterocycles. The fraction of sp³-hybridized carbons (Fsp3) is 0.625. The molecule has 1 heterocycles. The van der Waals surface area contributed by atoms with Crippen molar-refractivity contribution in [2.75, 3.05) is 19.5 Å². The number of hydrogen-bond donors (Lipinski definition) is 1. The first-order valence-electron chi connectivity index (χ1n) is 7.48. The van der Waals surface area contributed by atoms with Gasteiger partial charge in [0, 0.05) is 17.0 Å². The molecule has 0 spiro atoms. The molecule has 110 valence electrons. The molecule has 1 fully saturated rings. The van der Waals surface area contributed by atoms with Crippen LogP contribution in [0.1, 0.15) is 38.2 Å². The summed E-state index contributed by atoms with van der Waals surface area (Å²) in [5.41, 5.74) is 1.70. The third kappa shape index (κ3) is 2.63. The van der Waals surface area contributed by atoms with Crippen molar-refractivity contribution in [1.29, 1.82) is 0 Å². The largest absolute Gasteiger partial charge is 0.486 e. The number of rotatable bonds is 5. The van der Waals surface area contributed by atoms with Gasteiger partial charge in [0.05, 0.1) is 0 Å². The lowest BCUT2D eigenvalue weighted by atomic mass is 9.75. The van der Waals surface area contributed by atoms with Gasteiger partial charge in [0.2, 0.25) is 0 Å². The van der Waals surface area contributed by atoms with Crippen molar-refractivity contribution in [2.45, 2.75) is 49.6 Å². The van der Waals surface area contributed by atoms with Gasteiger partial charge in [-0.1, -0.05) is 6.92 Å². The Morgan fingerprint density at radius 1 is 1.20 bits per heavy atom. The van der Waals surface area contributed by atoms with Gasteiger partial charge in [-0.2, -0.15) is 0 Å². The predicted octanol–water partition coefficient (Wildman–Crippen LogP) is 3.60. The highest BCUT2D eigenvalue weighted by Gasteiger charge is 2.34. The summed E-state index contributed by atoms with van der Waals surface area (Å²) in [5, 5.41) is 3.77. The summed E-state index contributed by atoms with van der Waals surface area (Å²) in [6.45, 7) is 4.50. The molecular weight excluding hydrogens is 270 g/mol. The minimum atomic E-state index is 0.378. The van der Waals surface area contributed by atoms with Gasteiger partial charge in [0.15, 0.2) is 11.5 Å². The van der Waals surface area contributed by atoms with Gasteiger partial charge in [0.25, 0.3) is 0 Å². The summed E-state index contributed by atoms with van der Waals surface area (Å²) < 4.78 is 11.4. The first-order chi connectivity index (χ1) is 9.76. The Bertz CT molecular complexity index is 480. The van der Waals surface area contributed by atoms with Crippen molar-refractivity contribution in [2.24, 2.45) is 0 Å². The van der Waals surface area contributed by atoms with E-state index in [1.807, 2.05) is 0 Å². The van der Waals surface area contributed by atoms with Gasteiger partial charge < -0.3 is 14.8 Å². The molecule has 1 aliphatic heterocycles. The van der Waals surface area contributed by atoms with E-state index in [0.29, 0.717) is 18.8 Å². The van der Waals surface area contributed by atoms with E-state index in [2.05, 4.69) is 30.6 Å². The summed E-state index contributed by atoms with van der Waals surface area (Å²) in [5.74, 6) is 1.78. The van der Waals surface area contributed by atoms with Crippen molar-refractivity contribution in [1.82, 2.24) is 5.32 Å². The molecule has 0 amide bonds. The first kappa shape index (κ1) is 14.1. The number of nitrogens with one attached hydrogen (secondary N) is 1. The molecule has 0 atom stereocenters. The molecule has 3 nitrogen and oxygen atoms in total. The highest BCUT2D eigenvalue weighted by molar-refractivity contribution is 7.98. The molecule has 1 aromatic carbocycles. The zero-order chi connectivity index (χ0) is 14.0. The van der Waals surface area contributed by atoms with Crippen LogP contribution in [0.5, 0.6) is 11.5 Å². The number of benzene rings is 1. The second-order valence-corrected chi connectivity index (χ2v) is 6.50. The highest BCUT2D eigenvalue weighted by Crippen LogP contribution is 2.38. The predicted molar refractivity (Wildman–Crippen MR) is 82.9 cm³/mol. The first-order valence-corrected chi connectivity index (χ1v) is 8.70. The van der Waals surface area contributed by atoms with Crippen molar-refractivity contribution >= 4 is 11.8 Å². The number of thioether (sulfide) groups is 1. The molecule has 0 aromatic heterocycles. The van der Waals surface area contributed by atoms with E-state index in [0.717, 1.165) is 18.0 Å². The quantitative estimate of drug-likeness (QED) is 0.840. The summed E-state index contributed by atoms with van der Waals surface area (Å²) in [6.07, 6.45) is 7.31. The molecule has 3 rings (SSSR count). The van der Waals surface area contributed by atoms with Crippen LogP contribution in [0.15, 0.2) is 17.0 Å². The maximum absolute atomic E-state index is 5.70. The Morgan fingerprint density at radius 3 is 2.45 bits per heavy atom. The second kappa shape index (κ2) is 5.86. The Hall–Kier alpha value is -0.870. The van der Waals surface area contributed by atoms with Crippen molar-refractivity contribution in [3.05, 3.63) is 17.7 Å². The van der Waals surface area contributed by atoms with Gasteiger partial charge in [-0.15, -0.1) is 11.8 Å². The van der Waals surface area contributed by atoms with Crippen LogP contribution in [0.4, 0.5) is 0 Å². The van der Waals surface area contributed by atoms with Gasteiger partial charge in [0.1, 0.15) is 13.2 Å². The molecule has 1 aromatic rings. The van der Waals surface area contributed by atoms with Crippen LogP contribution in [0.25, 0.3) is 0 Å². The number of ether oxygens (including phenoxy) is 2. The minimum absolute atomic E-state index is 0.378. The van der Waals surface area contributed by atoms with Crippen LogP contribution >= 0.6 is 11.8 Å². The number of fused-ring (bicyclic) bond motifs is 1. The Labute approximate surface area is 125 Å². The third-order valence-electron chi connectivity index (χ3n) is 4.59. The molecule has 1 aliphatic carbocycles. The van der Waals surface area contributed by atoms with Gasteiger partial charge in [-0.3, -0.25) is 0 Å². The smallest absolute Gasteiger partial charge is 0.162 e. The highest BCUT2D eigenvalue weighted by atomic mass is 32.2. The molecule has 4 heteroatoms. The Balaban J connectivity index is 1.77. The molecule has 2 aliphatic rings. The average molecular weight is 293 g/mol. The van der Waals surface area contributed by atoms with Crippen LogP contribution in [0.2, 0.25) is 0 Å². The maximum Gasteiger partial charge on any atom is 0.162 e. The van der Waals surface area contributed by atoms with E-state index in [-0.39, 0.29) is 0 Å².